The minimum Gasteiger partial charge on any atom is -0.493 e. The van der Waals surface area contributed by atoms with Crippen LogP contribution in [-0.2, 0) is 9.59 Å². The second-order valence-corrected chi connectivity index (χ2v) is 9.18. The van der Waals surface area contributed by atoms with Gasteiger partial charge in [0.1, 0.15) is 11.4 Å². The monoisotopic (exact) mass is 516 g/mol. The highest BCUT2D eigenvalue weighted by molar-refractivity contribution is 5.92. The number of benzene rings is 2. The Bertz CT molecular complexity index is 1380. The van der Waals surface area contributed by atoms with Gasteiger partial charge in [-0.25, -0.2) is 19.3 Å². The minimum atomic E-state index is -1.26. The summed E-state index contributed by atoms with van der Waals surface area (Å²) in [6.45, 7) is 5.99. The molecule has 0 aliphatic rings. The summed E-state index contributed by atoms with van der Waals surface area (Å²) in [7, 11) is 4.17. The lowest BCUT2D eigenvalue weighted by atomic mass is 10.1. The third-order valence-electron chi connectivity index (χ3n) is 5.43. The smallest absolute Gasteiger partial charge is 0.328 e. The molecule has 4 aromatic rings. The number of carboxylic acids is 2. The lowest BCUT2D eigenvalue weighted by Gasteiger charge is -2.17. The first kappa shape index (κ1) is 28.1. The molecule has 2 aromatic heterocycles. The molecular weight excluding hydrogens is 484 g/mol. The van der Waals surface area contributed by atoms with Gasteiger partial charge in [-0.05, 0) is 69.6 Å². The number of fused-ring (bicyclic) bond motifs is 1. The van der Waals surface area contributed by atoms with E-state index in [1.165, 1.54) is 5.56 Å². The molecule has 2 aromatic carbocycles. The van der Waals surface area contributed by atoms with Crippen molar-refractivity contribution in [2.24, 2.45) is 5.92 Å². The van der Waals surface area contributed by atoms with Crippen molar-refractivity contribution in [1.29, 1.82) is 0 Å². The molecule has 9 heteroatoms. The maximum absolute atomic E-state index is 9.55. The maximum atomic E-state index is 9.55. The fraction of sp³-hybridized carbons (Fsp3) is 0.241. The minimum absolute atomic E-state index is 0.472. The molecule has 2 heterocycles. The second-order valence-electron chi connectivity index (χ2n) is 9.18. The summed E-state index contributed by atoms with van der Waals surface area (Å²) < 4.78 is 7.88. The molecule has 1 unspecified atom stereocenters. The largest absolute Gasteiger partial charge is 0.493 e. The van der Waals surface area contributed by atoms with E-state index in [2.05, 4.69) is 80.3 Å². The van der Waals surface area contributed by atoms with Gasteiger partial charge < -0.3 is 19.8 Å². The first-order valence-corrected chi connectivity index (χ1v) is 12.1. The van der Waals surface area contributed by atoms with Gasteiger partial charge in [-0.1, -0.05) is 24.6 Å². The summed E-state index contributed by atoms with van der Waals surface area (Å²) in [4.78, 5) is 25.9. The van der Waals surface area contributed by atoms with Gasteiger partial charge in [0.25, 0.3) is 0 Å². The number of pyridine rings is 1. The number of aliphatic carboxylic acids is 2. The Morgan fingerprint density at radius 2 is 1.63 bits per heavy atom. The number of aryl methyl sites for hydroxylation is 1. The Morgan fingerprint density at radius 1 is 1.00 bits per heavy atom. The van der Waals surface area contributed by atoms with E-state index < -0.39 is 11.9 Å². The van der Waals surface area contributed by atoms with Crippen LogP contribution in [0.4, 0.5) is 0 Å². The van der Waals surface area contributed by atoms with Crippen LogP contribution >= 0.6 is 0 Å². The van der Waals surface area contributed by atoms with Crippen molar-refractivity contribution in [3.63, 3.8) is 0 Å². The number of rotatable bonds is 9. The molecule has 0 bridgehead atoms. The van der Waals surface area contributed by atoms with Crippen LogP contribution in [0.5, 0.6) is 5.75 Å². The molecule has 0 radical (unpaired) electrons. The van der Waals surface area contributed by atoms with E-state index in [-0.39, 0.29) is 0 Å². The zero-order valence-corrected chi connectivity index (χ0v) is 21.9. The number of carbonyl (C=O) groups is 2. The molecule has 0 fully saturated rings. The van der Waals surface area contributed by atoms with Crippen LogP contribution in [-0.4, -0.2) is 69.1 Å². The van der Waals surface area contributed by atoms with E-state index >= 15 is 0 Å². The summed E-state index contributed by atoms with van der Waals surface area (Å²) in [6, 6.07) is 20.5. The van der Waals surface area contributed by atoms with Crippen molar-refractivity contribution < 1.29 is 24.5 Å². The van der Waals surface area contributed by atoms with Crippen molar-refractivity contribution in [2.75, 3.05) is 27.2 Å². The second kappa shape index (κ2) is 13.2. The Balaban J connectivity index is 0.000000436. The van der Waals surface area contributed by atoms with Crippen LogP contribution in [0.2, 0.25) is 0 Å². The van der Waals surface area contributed by atoms with Crippen LogP contribution in [0.15, 0.2) is 79.0 Å². The highest BCUT2D eigenvalue weighted by Crippen LogP contribution is 2.30. The van der Waals surface area contributed by atoms with E-state index in [0.29, 0.717) is 24.7 Å². The molecule has 0 spiro atoms. The van der Waals surface area contributed by atoms with Crippen LogP contribution in [0.1, 0.15) is 12.5 Å². The fourth-order valence-corrected chi connectivity index (χ4v) is 3.80. The normalized spacial score (nSPS) is 11.8. The highest BCUT2D eigenvalue weighted by Gasteiger charge is 2.14. The highest BCUT2D eigenvalue weighted by atomic mass is 16.5. The zero-order valence-electron chi connectivity index (χ0n) is 21.9. The first-order chi connectivity index (χ1) is 18.1. The molecule has 9 nitrogen and oxygen atoms in total. The Morgan fingerprint density at radius 3 is 2.21 bits per heavy atom. The van der Waals surface area contributed by atoms with Crippen LogP contribution < -0.4 is 4.74 Å². The van der Waals surface area contributed by atoms with Gasteiger partial charge in [0, 0.05) is 41.8 Å². The average Bonchev–Trinajstić information content (AvgIpc) is 3.27. The molecule has 0 aliphatic carbocycles. The van der Waals surface area contributed by atoms with E-state index in [1.54, 1.807) is 0 Å². The van der Waals surface area contributed by atoms with Crippen LogP contribution in [0.25, 0.3) is 28.0 Å². The van der Waals surface area contributed by atoms with E-state index in [1.807, 2.05) is 29.1 Å². The van der Waals surface area contributed by atoms with Crippen molar-refractivity contribution in [3.05, 3.63) is 84.6 Å². The van der Waals surface area contributed by atoms with E-state index in [4.69, 9.17) is 20.0 Å². The molecule has 0 amide bonds. The molecule has 38 heavy (non-hydrogen) atoms. The standard InChI is InChI=1S/C25H28N4O.C4H4O4/c1-18-7-11-21(12-8-18)29-25-23(6-5-15-26-25)24(27-29)20-9-13-22(14-10-20)30-17-19(2)16-28(3)4;5-3(6)1-2-4(7)8/h5-15,19H,16-17H2,1-4H3;1-2H,(H,5,6)(H,7,8). The third kappa shape index (κ3) is 8.01. The molecule has 0 aliphatic heterocycles. The van der Waals surface area contributed by atoms with Crippen LogP contribution in [0.3, 0.4) is 0 Å². The molecule has 1 atom stereocenters. The number of carboxylic acid groups (broad SMARTS) is 2. The van der Waals surface area contributed by atoms with Crippen LogP contribution in [0, 0.1) is 12.8 Å². The van der Waals surface area contributed by atoms with Crippen molar-refractivity contribution in [1.82, 2.24) is 19.7 Å². The molecule has 2 N–H and O–H groups in total. The maximum Gasteiger partial charge on any atom is 0.328 e. The summed E-state index contributed by atoms with van der Waals surface area (Å²) in [5, 5.41) is 21.6. The van der Waals surface area contributed by atoms with Gasteiger partial charge in [0.15, 0.2) is 5.65 Å². The molecular formula is C29H32N4O5. The van der Waals surface area contributed by atoms with E-state index in [0.717, 1.165) is 40.3 Å². The van der Waals surface area contributed by atoms with Gasteiger partial charge in [-0.15, -0.1) is 0 Å². The SMILES string of the molecule is Cc1ccc(-n2nc(-c3ccc(OCC(C)CN(C)C)cc3)c3cccnc32)cc1.O=C(O)C=CC(=O)O. The lowest BCUT2D eigenvalue weighted by molar-refractivity contribution is -0.134. The third-order valence-corrected chi connectivity index (χ3v) is 5.43. The van der Waals surface area contributed by atoms with Gasteiger partial charge >= 0.3 is 11.9 Å². The predicted molar refractivity (Wildman–Crippen MR) is 147 cm³/mol. The van der Waals surface area contributed by atoms with Gasteiger partial charge in [0.05, 0.1) is 12.3 Å². The summed E-state index contributed by atoms with van der Waals surface area (Å²) >= 11 is 0. The van der Waals surface area contributed by atoms with Gasteiger partial charge in [0.2, 0.25) is 0 Å². The molecule has 198 valence electrons. The number of nitrogens with zero attached hydrogens (tertiary/aromatic N) is 4. The summed E-state index contributed by atoms with van der Waals surface area (Å²) in [6.07, 6.45) is 2.93. The van der Waals surface area contributed by atoms with Gasteiger partial charge in [-0.2, -0.15) is 5.10 Å². The molecule has 0 saturated carbocycles. The quantitative estimate of drug-likeness (QED) is 0.308. The number of hydrogen-bond donors (Lipinski definition) is 2. The van der Waals surface area contributed by atoms with Gasteiger partial charge in [-0.3, -0.25) is 0 Å². The topological polar surface area (TPSA) is 118 Å². The number of hydrogen-bond acceptors (Lipinski definition) is 6. The number of aromatic nitrogens is 3. The average molecular weight is 517 g/mol. The predicted octanol–water partition coefficient (Wildman–Crippen LogP) is 4.68. The summed E-state index contributed by atoms with van der Waals surface area (Å²) in [5.74, 6) is -1.16. The zero-order chi connectivity index (χ0) is 27.7. The lowest BCUT2D eigenvalue weighted by Crippen LogP contribution is -2.24. The first-order valence-electron chi connectivity index (χ1n) is 12.1. The Kier molecular flexibility index (Phi) is 9.72. The molecule has 4 rings (SSSR count). The fourth-order valence-electron chi connectivity index (χ4n) is 3.80. The van der Waals surface area contributed by atoms with Crippen molar-refractivity contribution in [3.8, 4) is 22.7 Å². The van der Waals surface area contributed by atoms with Crippen molar-refractivity contribution >= 4 is 23.0 Å². The Labute approximate surface area is 221 Å². The number of ether oxygens (including phenoxy) is 1. The van der Waals surface area contributed by atoms with E-state index in [9.17, 15) is 9.59 Å². The van der Waals surface area contributed by atoms with Crippen molar-refractivity contribution in [2.45, 2.75) is 13.8 Å². The summed E-state index contributed by atoms with van der Waals surface area (Å²) in [5.41, 5.74) is 5.05. The Hall–Kier alpha value is -4.50. The molecule has 0 saturated heterocycles.